The summed E-state index contributed by atoms with van der Waals surface area (Å²) in [7, 11) is 0. The maximum atomic E-state index is 12.8. The first kappa shape index (κ1) is 19.9. The molecule has 33 heavy (non-hydrogen) atoms. The van der Waals surface area contributed by atoms with Crippen molar-refractivity contribution >= 4 is 28.1 Å². The fraction of sp³-hybridized carbons (Fsp3) is 0.250. The van der Waals surface area contributed by atoms with Crippen LogP contribution < -0.4 is 5.32 Å². The highest BCUT2D eigenvalue weighted by atomic mass is 32.1. The van der Waals surface area contributed by atoms with Crippen molar-refractivity contribution in [2.75, 3.05) is 31.6 Å². The van der Waals surface area contributed by atoms with E-state index in [0.29, 0.717) is 23.8 Å². The number of rotatable bonds is 3. The highest BCUT2D eigenvalue weighted by Gasteiger charge is 2.50. The Kier molecular flexibility index (Phi) is 4.47. The fourth-order valence-corrected chi connectivity index (χ4v) is 5.36. The second kappa shape index (κ2) is 7.40. The largest absolute Gasteiger partial charge is 0.380 e. The van der Waals surface area contributed by atoms with E-state index in [9.17, 15) is 10.1 Å². The topological polar surface area (TPSA) is 95.6 Å². The molecular formula is C24H20N6O2S. The average molecular weight is 457 g/mol. The zero-order valence-corrected chi connectivity index (χ0v) is 18.7. The van der Waals surface area contributed by atoms with Crippen molar-refractivity contribution in [1.82, 2.24) is 19.3 Å². The molecule has 1 spiro atoms. The number of benzene rings is 1. The molecule has 1 N–H and O–H groups in total. The zero-order chi connectivity index (χ0) is 22.6. The number of nitrogens with zero attached hydrogens (tertiary/aromatic N) is 5. The Bertz CT molecular complexity index is 1440. The molecule has 0 radical (unpaired) electrons. The summed E-state index contributed by atoms with van der Waals surface area (Å²) in [5, 5.41) is 12.9. The molecule has 1 aromatic carbocycles. The van der Waals surface area contributed by atoms with Gasteiger partial charge < -0.3 is 14.0 Å². The van der Waals surface area contributed by atoms with E-state index in [1.807, 2.05) is 54.0 Å². The van der Waals surface area contributed by atoms with Gasteiger partial charge in [0.2, 0.25) is 0 Å². The summed E-state index contributed by atoms with van der Waals surface area (Å²) in [5.74, 6) is 0. The molecule has 3 aromatic heterocycles. The highest BCUT2D eigenvalue weighted by molar-refractivity contribution is 7.19. The minimum Gasteiger partial charge on any atom is -0.380 e. The van der Waals surface area contributed by atoms with E-state index >= 15 is 0 Å². The lowest BCUT2D eigenvalue weighted by atomic mass is 9.78. The van der Waals surface area contributed by atoms with Gasteiger partial charge in [0.05, 0.1) is 40.8 Å². The third-order valence-electron chi connectivity index (χ3n) is 6.22. The van der Waals surface area contributed by atoms with Gasteiger partial charge in [0.25, 0.3) is 0 Å². The minimum absolute atomic E-state index is 0.147. The maximum absolute atomic E-state index is 12.8. The molecule has 9 heteroatoms. The van der Waals surface area contributed by atoms with Gasteiger partial charge in [-0.25, -0.2) is 14.8 Å². The molecule has 164 valence electrons. The van der Waals surface area contributed by atoms with Gasteiger partial charge in [-0.05, 0) is 31.2 Å². The lowest BCUT2D eigenvalue weighted by Gasteiger charge is -2.54. The lowest BCUT2D eigenvalue weighted by molar-refractivity contribution is -0.174. The van der Waals surface area contributed by atoms with Crippen LogP contribution in [-0.2, 0) is 4.74 Å². The van der Waals surface area contributed by atoms with Gasteiger partial charge >= 0.3 is 6.03 Å². The number of pyridine rings is 1. The first-order valence-electron chi connectivity index (χ1n) is 10.6. The number of thiazole rings is 1. The molecule has 0 aliphatic carbocycles. The van der Waals surface area contributed by atoms with E-state index in [4.69, 9.17) is 9.72 Å². The maximum Gasteiger partial charge on any atom is 0.323 e. The number of likely N-dealkylation sites (tertiary alicyclic amines) is 1. The Hall–Kier alpha value is -3.74. The summed E-state index contributed by atoms with van der Waals surface area (Å²) < 4.78 is 7.33. The first-order valence-corrected chi connectivity index (χ1v) is 11.4. The van der Waals surface area contributed by atoms with Gasteiger partial charge in [0, 0.05) is 42.3 Å². The number of nitrogens with one attached hydrogen (secondary N) is 1. The van der Waals surface area contributed by atoms with Crippen LogP contribution in [0, 0.1) is 23.7 Å². The molecule has 8 nitrogen and oxygen atoms in total. The Morgan fingerprint density at radius 3 is 2.85 bits per heavy atom. The van der Waals surface area contributed by atoms with Crippen molar-refractivity contribution < 1.29 is 9.53 Å². The van der Waals surface area contributed by atoms with Crippen LogP contribution in [0.3, 0.4) is 0 Å². The number of nitriles is 1. The summed E-state index contributed by atoms with van der Waals surface area (Å²) in [6.45, 7) is 4.89. The Balaban J connectivity index is 1.37. The van der Waals surface area contributed by atoms with E-state index in [1.165, 1.54) is 11.3 Å². The van der Waals surface area contributed by atoms with E-state index < -0.39 is 0 Å². The fourth-order valence-electron chi connectivity index (χ4n) is 4.39. The number of hydrogen-bond acceptors (Lipinski definition) is 6. The zero-order valence-electron chi connectivity index (χ0n) is 17.9. The minimum atomic E-state index is -0.147. The van der Waals surface area contributed by atoms with Gasteiger partial charge in [-0.3, -0.25) is 5.32 Å². The molecule has 2 fully saturated rings. The molecule has 0 atom stereocenters. The lowest BCUT2D eigenvalue weighted by Crippen LogP contribution is -2.67. The second-order valence-corrected chi connectivity index (χ2v) is 9.71. The smallest absolute Gasteiger partial charge is 0.323 e. The summed E-state index contributed by atoms with van der Waals surface area (Å²) in [4.78, 5) is 24.7. The average Bonchev–Trinajstić information content (AvgIpc) is 3.35. The number of hydrogen-bond donors (Lipinski definition) is 1. The van der Waals surface area contributed by atoms with Crippen LogP contribution in [0.5, 0.6) is 0 Å². The molecule has 2 amide bonds. The standard InChI is InChI=1S/C24H20N6O2S/c1-15-9-26-19-6-5-18(10-30(15)19)21-20(17-4-2-3-16(7-17)8-25)27-22(33-21)28-23(31)29-11-24(12-29)13-32-14-24/h2-7,9-10H,11-14H2,1H3,(H,27,28,31). The molecule has 4 aromatic rings. The van der Waals surface area contributed by atoms with Gasteiger partial charge in [-0.2, -0.15) is 5.26 Å². The molecular weight excluding hydrogens is 436 g/mol. The first-order chi connectivity index (χ1) is 16.0. The number of anilines is 1. The monoisotopic (exact) mass is 456 g/mol. The van der Waals surface area contributed by atoms with Gasteiger partial charge in [-0.15, -0.1) is 0 Å². The number of amides is 2. The van der Waals surface area contributed by atoms with Crippen molar-refractivity contribution in [3.8, 4) is 27.8 Å². The number of aryl methyl sites for hydroxylation is 1. The summed E-state index contributed by atoms with van der Waals surface area (Å²) in [6.07, 6.45) is 3.87. The number of fused-ring (bicyclic) bond motifs is 1. The van der Waals surface area contributed by atoms with E-state index in [0.717, 1.165) is 46.3 Å². The Morgan fingerprint density at radius 1 is 1.24 bits per heavy atom. The van der Waals surface area contributed by atoms with Crippen LogP contribution in [0.4, 0.5) is 9.93 Å². The predicted octanol–water partition coefficient (Wildman–Crippen LogP) is 4.17. The number of imidazole rings is 1. The molecule has 0 bridgehead atoms. The molecule has 6 rings (SSSR count). The van der Waals surface area contributed by atoms with Crippen LogP contribution in [0.2, 0.25) is 0 Å². The van der Waals surface area contributed by atoms with Crippen molar-refractivity contribution in [2.24, 2.45) is 5.41 Å². The number of aromatic nitrogens is 3. The highest BCUT2D eigenvalue weighted by Crippen LogP contribution is 2.41. The molecule has 2 saturated heterocycles. The Morgan fingerprint density at radius 2 is 2.09 bits per heavy atom. The van der Waals surface area contributed by atoms with Crippen LogP contribution in [0.15, 0.2) is 48.8 Å². The van der Waals surface area contributed by atoms with Crippen molar-refractivity contribution in [2.45, 2.75) is 6.92 Å². The summed E-state index contributed by atoms with van der Waals surface area (Å²) in [5.41, 5.74) is 5.15. The third-order valence-corrected chi connectivity index (χ3v) is 7.24. The number of carbonyl (C=O) groups excluding carboxylic acids is 1. The third kappa shape index (κ3) is 3.35. The van der Waals surface area contributed by atoms with Crippen molar-refractivity contribution in [3.63, 3.8) is 0 Å². The molecule has 2 aliphatic rings. The van der Waals surface area contributed by atoms with Gasteiger partial charge in [-0.1, -0.05) is 23.5 Å². The second-order valence-electron chi connectivity index (χ2n) is 8.71. The normalized spacial score (nSPS) is 16.3. The van der Waals surface area contributed by atoms with Crippen LogP contribution in [0.25, 0.3) is 27.3 Å². The van der Waals surface area contributed by atoms with E-state index in [-0.39, 0.29) is 11.4 Å². The molecule has 0 saturated carbocycles. The predicted molar refractivity (Wildman–Crippen MR) is 125 cm³/mol. The van der Waals surface area contributed by atoms with Gasteiger partial charge in [0.15, 0.2) is 5.13 Å². The SMILES string of the molecule is Cc1cnc2ccc(-c3sc(NC(=O)N4CC5(COC5)C4)nc3-c3cccc(C#N)c3)cn12. The quantitative estimate of drug-likeness (QED) is 0.499. The van der Waals surface area contributed by atoms with E-state index in [2.05, 4.69) is 16.4 Å². The number of urea groups is 1. The van der Waals surface area contributed by atoms with Crippen LogP contribution >= 0.6 is 11.3 Å². The van der Waals surface area contributed by atoms with Gasteiger partial charge in [0.1, 0.15) is 5.65 Å². The number of carbonyl (C=O) groups is 1. The molecule has 2 aliphatic heterocycles. The van der Waals surface area contributed by atoms with Crippen molar-refractivity contribution in [1.29, 1.82) is 5.26 Å². The van der Waals surface area contributed by atoms with Crippen LogP contribution in [0.1, 0.15) is 11.3 Å². The van der Waals surface area contributed by atoms with Crippen LogP contribution in [-0.4, -0.2) is 51.6 Å². The summed E-state index contributed by atoms with van der Waals surface area (Å²) >= 11 is 1.43. The number of ether oxygens (including phenoxy) is 1. The molecule has 0 unspecified atom stereocenters. The molecule has 5 heterocycles. The van der Waals surface area contributed by atoms with Crippen molar-refractivity contribution in [3.05, 3.63) is 60.0 Å². The van der Waals surface area contributed by atoms with E-state index in [1.54, 1.807) is 11.0 Å². The summed E-state index contributed by atoms with van der Waals surface area (Å²) in [6, 6.07) is 13.4. The Labute approximate surface area is 194 Å².